The number of carbonyl (C=O) groups is 1. The van der Waals surface area contributed by atoms with Crippen LogP contribution in [0.3, 0.4) is 0 Å². The highest BCUT2D eigenvalue weighted by molar-refractivity contribution is 5.82. The predicted molar refractivity (Wildman–Crippen MR) is 84.3 cm³/mol. The van der Waals surface area contributed by atoms with Crippen molar-refractivity contribution < 1.29 is 9.53 Å². The summed E-state index contributed by atoms with van der Waals surface area (Å²) in [5.41, 5.74) is -0.169. The Bertz CT molecular complexity index is 340. The number of piperidine rings is 1. The molecule has 2 rings (SSSR count). The molecule has 0 spiro atoms. The molecule has 2 saturated heterocycles. The zero-order chi connectivity index (χ0) is 15.3. The van der Waals surface area contributed by atoms with Gasteiger partial charge in [0.25, 0.3) is 0 Å². The van der Waals surface area contributed by atoms with Crippen LogP contribution in [0.4, 0.5) is 0 Å². The van der Waals surface area contributed by atoms with Crippen LogP contribution < -0.4 is 10.6 Å². The Morgan fingerprint density at radius 2 is 2.05 bits per heavy atom. The highest BCUT2D eigenvalue weighted by Crippen LogP contribution is 2.24. The van der Waals surface area contributed by atoms with E-state index in [1.165, 1.54) is 12.8 Å². The van der Waals surface area contributed by atoms with Gasteiger partial charge in [-0.2, -0.15) is 0 Å². The van der Waals surface area contributed by atoms with Crippen molar-refractivity contribution in [1.29, 1.82) is 0 Å². The fraction of sp³-hybridized carbons (Fsp3) is 0.938. The maximum Gasteiger partial charge on any atom is 0.237 e. The topological polar surface area (TPSA) is 53.6 Å². The summed E-state index contributed by atoms with van der Waals surface area (Å²) in [6.07, 6.45) is 5.32. The van der Waals surface area contributed by atoms with E-state index in [2.05, 4.69) is 29.4 Å². The van der Waals surface area contributed by atoms with Crippen molar-refractivity contribution in [3.63, 3.8) is 0 Å². The van der Waals surface area contributed by atoms with Crippen LogP contribution in [-0.4, -0.2) is 61.8 Å². The Kier molecular flexibility index (Phi) is 6.02. The van der Waals surface area contributed by atoms with Crippen molar-refractivity contribution in [2.75, 3.05) is 33.3 Å². The molecule has 122 valence electrons. The summed E-state index contributed by atoms with van der Waals surface area (Å²) in [5, 5.41) is 6.51. The first-order valence-electron chi connectivity index (χ1n) is 8.33. The molecule has 0 bridgehead atoms. The second-order valence-corrected chi connectivity index (χ2v) is 6.88. The molecule has 0 aromatic heterocycles. The molecule has 2 aliphatic rings. The van der Waals surface area contributed by atoms with Crippen molar-refractivity contribution in [1.82, 2.24) is 15.5 Å². The average Bonchev–Trinajstić information content (AvgIpc) is 2.97. The third-order valence-electron chi connectivity index (χ3n) is 4.95. The zero-order valence-corrected chi connectivity index (χ0v) is 13.8. The van der Waals surface area contributed by atoms with Gasteiger partial charge in [0.2, 0.25) is 5.91 Å². The van der Waals surface area contributed by atoms with Gasteiger partial charge in [-0.15, -0.1) is 0 Å². The molecule has 0 aliphatic carbocycles. The number of carbonyl (C=O) groups excluding carboxylic acids is 1. The molecule has 0 aromatic rings. The molecule has 1 atom stereocenters. The van der Waals surface area contributed by atoms with Gasteiger partial charge >= 0.3 is 0 Å². The average molecular weight is 297 g/mol. The zero-order valence-electron chi connectivity index (χ0n) is 13.8. The van der Waals surface area contributed by atoms with E-state index in [1.54, 1.807) is 7.11 Å². The minimum Gasteiger partial charge on any atom is -0.379 e. The second-order valence-electron chi connectivity index (χ2n) is 6.88. The molecule has 0 radical (unpaired) electrons. The maximum atomic E-state index is 12.5. The summed E-state index contributed by atoms with van der Waals surface area (Å²) in [6.45, 7) is 8.03. The Balaban J connectivity index is 1.80. The molecule has 2 N–H and O–H groups in total. The lowest BCUT2D eigenvalue weighted by atomic mass is 10.0. The number of nitrogens with one attached hydrogen (secondary N) is 2. The molecule has 0 saturated carbocycles. The SMILES string of the molecule is COC(C)(C)CCNC(=O)[C@@H]1CCCN1C1CCNCC1. The van der Waals surface area contributed by atoms with Crippen LogP contribution in [0.2, 0.25) is 0 Å². The Hall–Kier alpha value is -0.650. The fourth-order valence-electron chi connectivity index (χ4n) is 3.35. The number of rotatable bonds is 6. The minimum atomic E-state index is -0.169. The van der Waals surface area contributed by atoms with E-state index >= 15 is 0 Å². The number of hydrogen-bond acceptors (Lipinski definition) is 4. The number of methoxy groups -OCH3 is 1. The van der Waals surface area contributed by atoms with Gasteiger partial charge in [-0.3, -0.25) is 9.69 Å². The third kappa shape index (κ3) is 4.66. The lowest BCUT2D eigenvalue weighted by Crippen LogP contribution is -2.51. The standard InChI is InChI=1S/C16H31N3O2/c1-16(2,21-3)8-11-18-15(20)14-5-4-12-19(14)13-6-9-17-10-7-13/h13-14,17H,4-12H2,1-3H3,(H,18,20)/t14-/m0/s1. The van der Waals surface area contributed by atoms with Crippen molar-refractivity contribution >= 4 is 5.91 Å². The molecule has 2 fully saturated rings. The fourth-order valence-corrected chi connectivity index (χ4v) is 3.35. The molecule has 5 heteroatoms. The van der Waals surface area contributed by atoms with Crippen LogP contribution in [0.15, 0.2) is 0 Å². The van der Waals surface area contributed by atoms with Gasteiger partial charge in [-0.05, 0) is 65.6 Å². The Morgan fingerprint density at radius 1 is 1.33 bits per heavy atom. The summed E-state index contributed by atoms with van der Waals surface area (Å²) in [5.74, 6) is 0.206. The van der Waals surface area contributed by atoms with Gasteiger partial charge in [0.1, 0.15) is 0 Å². The van der Waals surface area contributed by atoms with E-state index in [0.29, 0.717) is 12.6 Å². The summed E-state index contributed by atoms with van der Waals surface area (Å²) in [4.78, 5) is 14.9. The van der Waals surface area contributed by atoms with Gasteiger partial charge in [-0.1, -0.05) is 0 Å². The molecular formula is C16H31N3O2. The maximum absolute atomic E-state index is 12.5. The largest absolute Gasteiger partial charge is 0.379 e. The van der Waals surface area contributed by atoms with Crippen molar-refractivity contribution in [3.8, 4) is 0 Å². The Morgan fingerprint density at radius 3 is 2.71 bits per heavy atom. The van der Waals surface area contributed by atoms with Crippen LogP contribution in [-0.2, 0) is 9.53 Å². The summed E-state index contributed by atoms with van der Waals surface area (Å²) < 4.78 is 5.39. The van der Waals surface area contributed by atoms with Crippen LogP contribution in [0.5, 0.6) is 0 Å². The smallest absolute Gasteiger partial charge is 0.237 e. The molecule has 2 heterocycles. The number of hydrogen-bond donors (Lipinski definition) is 2. The van der Waals surface area contributed by atoms with E-state index in [4.69, 9.17) is 4.74 Å². The Labute approximate surface area is 128 Å². The third-order valence-corrected chi connectivity index (χ3v) is 4.95. The summed E-state index contributed by atoms with van der Waals surface area (Å²) >= 11 is 0. The molecule has 1 amide bonds. The normalized spacial score (nSPS) is 25.2. The van der Waals surface area contributed by atoms with E-state index in [0.717, 1.165) is 38.9 Å². The molecule has 21 heavy (non-hydrogen) atoms. The van der Waals surface area contributed by atoms with Gasteiger partial charge in [-0.25, -0.2) is 0 Å². The van der Waals surface area contributed by atoms with Crippen molar-refractivity contribution in [3.05, 3.63) is 0 Å². The van der Waals surface area contributed by atoms with E-state index < -0.39 is 0 Å². The highest BCUT2D eigenvalue weighted by Gasteiger charge is 2.35. The highest BCUT2D eigenvalue weighted by atomic mass is 16.5. The monoisotopic (exact) mass is 297 g/mol. The number of amides is 1. The summed E-state index contributed by atoms with van der Waals surface area (Å²) in [7, 11) is 1.72. The van der Waals surface area contributed by atoms with Crippen LogP contribution in [0.1, 0.15) is 46.0 Å². The molecular weight excluding hydrogens is 266 g/mol. The first-order valence-corrected chi connectivity index (χ1v) is 8.33. The van der Waals surface area contributed by atoms with Gasteiger partial charge < -0.3 is 15.4 Å². The van der Waals surface area contributed by atoms with E-state index in [1.807, 2.05) is 0 Å². The quantitative estimate of drug-likeness (QED) is 0.772. The van der Waals surface area contributed by atoms with Gasteiger partial charge in [0.05, 0.1) is 11.6 Å². The predicted octanol–water partition coefficient (Wildman–Crippen LogP) is 1.13. The van der Waals surface area contributed by atoms with Crippen LogP contribution in [0.25, 0.3) is 0 Å². The number of ether oxygens (including phenoxy) is 1. The van der Waals surface area contributed by atoms with E-state index in [-0.39, 0.29) is 17.6 Å². The minimum absolute atomic E-state index is 0.0822. The van der Waals surface area contributed by atoms with Gasteiger partial charge in [0.15, 0.2) is 0 Å². The van der Waals surface area contributed by atoms with Crippen molar-refractivity contribution in [2.24, 2.45) is 0 Å². The van der Waals surface area contributed by atoms with Gasteiger partial charge in [0, 0.05) is 19.7 Å². The number of likely N-dealkylation sites (tertiary alicyclic amines) is 1. The lowest BCUT2D eigenvalue weighted by Gasteiger charge is -2.35. The van der Waals surface area contributed by atoms with Crippen molar-refractivity contribution in [2.45, 2.75) is 63.6 Å². The molecule has 2 aliphatic heterocycles. The summed E-state index contributed by atoms with van der Waals surface area (Å²) in [6, 6.07) is 0.665. The first-order chi connectivity index (χ1) is 10.0. The molecule has 0 unspecified atom stereocenters. The second kappa shape index (κ2) is 7.56. The first kappa shape index (κ1) is 16.7. The number of nitrogens with zero attached hydrogens (tertiary/aromatic N) is 1. The molecule has 5 nitrogen and oxygen atoms in total. The van der Waals surface area contributed by atoms with Crippen LogP contribution >= 0.6 is 0 Å². The molecule has 0 aromatic carbocycles. The van der Waals surface area contributed by atoms with Crippen LogP contribution in [0, 0.1) is 0 Å². The van der Waals surface area contributed by atoms with E-state index in [9.17, 15) is 4.79 Å². The lowest BCUT2D eigenvalue weighted by molar-refractivity contribution is -0.126.